The summed E-state index contributed by atoms with van der Waals surface area (Å²) in [4.78, 5) is 0.316. The van der Waals surface area contributed by atoms with Gasteiger partial charge in [-0.3, -0.25) is 0 Å². The van der Waals surface area contributed by atoms with Gasteiger partial charge in [0.1, 0.15) is 4.99 Å². The molecular weight excluding hydrogens is 246 g/mol. The molecule has 1 aromatic rings. The minimum absolute atomic E-state index is 0.316. The molecule has 58 valence electrons. The number of halogens is 2. The first kappa shape index (κ1) is 8.97. The second-order valence-corrected chi connectivity index (χ2v) is 3.64. The minimum Gasteiger partial charge on any atom is -0.389 e. The van der Waals surface area contributed by atoms with Gasteiger partial charge in [-0.25, -0.2) is 0 Å². The first-order chi connectivity index (χ1) is 5.13. The summed E-state index contributed by atoms with van der Waals surface area (Å²) in [5.74, 6) is 0. The fraction of sp³-hybridized carbons (Fsp3) is 0. The van der Waals surface area contributed by atoms with Crippen LogP contribution in [0.4, 0.5) is 0 Å². The zero-order valence-electron chi connectivity index (χ0n) is 5.47. The van der Waals surface area contributed by atoms with Crippen LogP contribution in [0, 0.1) is 0 Å². The Morgan fingerprint density at radius 3 is 2.64 bits per heavy atom. The zero-order chi connectivity index (χ0) is 8.43. The summed E-state index contributed by atoms with van der Waals surface area (Å²) in [6.07, 6.45) is 0. The smallest absolute Gasteiger partial charge is 0.105 e. The Balaban J connectivity index is 3.27. The molecule has 0 saturated heterocycles. The standard InChI is InChI=1S/C7H5BrClNS/c8-5-3-1-2-4(6(5)9)7(10)11/h1-3H,(H2,10,11). The highest BCUT2D eigenvalue weighted by Crippen LogP contribution is 2.25. The highest BCUT2D eigenvalue weighted by Gasteiger charge is 2.04. The molecule has 1 rings (SSSR count). The molecule has 1 nitrogen and oxygen atoms in total. The van der Waals surface area contributed by atoms with E-state index < -0.39 is 0 Å². The molecule has 0 spiro atoms. The van der Waals surface area contributed by atoms with Crippen molar-refractivity contribution < 1.29 is 0 Å². The van der Waals surface area contributed by atoms with Crippen molar-refractivity contribution in [1.29, 1.82) is 0 Å². The molecule has 0 heterocycles. The Labute approximate surface area is 83.7 Å². The molecule has 0 saturated carbocycles. The van der Waals surface area contributed by atoms with Crippen molar-refractivity contribution in [2.45, 2.75) is 0 Å². The molecule has 0 amide bonds. The molecular formula is C7H5BrClNS. The molecule has 1 aromatic carbocycles. The number of nitrogens with two attached hydrogens (primary N) is 1. The van der Waals surface area contributed by atoms with Crippen LogP contribution in [0.1, 0.15) is 5.56 Å². The Morgan fingerprint density at radius 2 is 2.18 bits per heavy atom. The maximum atomic E-state index is 5.87. The fourth-order valence-electron chi connectivity index (χ4n) is 0.694. The van der Waals surface area contributed by atoms with Crippen LogP contribution in [0.3, 0.4) is 0 Å². The van der Waals surface area contributed by atoms with Crippen molar-refractivity contribution in [3.05, 3.63) is 33.3 Å². The molecule has 0 radical (unpaired) electrons. The largest absolute Gasteiger partial charge is 0.389 e. The first-order valence-electron chi connectivity index (χ1n) is 2.86. The van der Waals surface area contributed by atoms with Gasteiger partial charge in [-0.05, 0) is 22.0 Å². The van der Waals surface area contributed by atoms with Crippen LogP contribution in [0.2, 0.25) is 5.02 Å². The first-order valence-corrected chi connectivity index (χ1v) is 4.44. The van der Waals surface area contributed by atoms with E-state index in [1.54, 1.807) is 6.07 Å². The summed E-state index contributed by atoms with van der Waals surface area (Å²) >= 11 is 13.9. The van der Waals surface area contributed by atoms with Crippen LogP contribution in [0.5, 0.6) is 0 Å². The fourth-order valence-corrected chi connectivity index (χ4v) is 1.51. The molecule has 0 atom stereocenters. The summed E-state index contributed by atoms with van der Waals surface area (Å²) in [6.45, 7) is 0. The van der Waals surface area contributed by atoms with Crippen molar-refractivity contribution in [3.63, 3.8) is 0 Å². The van der Waals surface area contributed by atoms with E-state index >= 15 is 0 Å². The van der Waals surface area contributed by atoms with Crippen LogP contribution in [-0.4, -0.2) is 4.99 Å². The summed E-state index contributed by atoms with van der Waals surface area (Å²) in [5, 5.41) is 0.569. The van der Waals surface area contributed by atoms with Crippen LogP contribution in [0.25, 0.3) is 0 Å². The lowest BCUT2D eigenvalue weighted by Gasteiger charge is -2.01. The second-order valence-electron chi connectivity index (χ2n) is 1.97. The maximum absolute atomic E-state index is 5.87. The molecule has 0 aliphatic carbocycles. The van der Waals surface area contributed by atoms with Crippen LogP contribution >= 0.6 is 39.7 Å². The lowest BCUT2D eigenvalue weighted by Crippen LogP contribution is -2.09. The number of hydrogen-bond donors (Lipinski definition) is 1. The monoisotopic (exact) mass is 249 g/mol. The lowest BCUT2D eigenvalue weighted by atomic mass is 10.2. The summed E-state index contributed by atoms with van der Waals surface area (Å²) in [6, 6.07) is 5.46. The van der Waals surface area contributed by atoms with Crippen molar-refractivity contribution in [3.8, 4) is 0 Å². The van der Waals surface area contributed by atoms with Crippen LogP contribution < -0.4 is 5.73 Å². The van der Waals surface area contributed by atoms with Crippen molar-refractivity contribution >= 4 is 44.7 Å². The third kappa shape index (κ3) is 1.92. The minimum atomic E-state index is 0.316. The highest BCUT2D eigenvalue weighted by molar-refractivity contribution is 9.10. The average molecular weight is 251 g/mol. The molecule has 0 aromatic heterocycles. The van der Waals surface area contributed by atoms with Crippen LogP contribution in [0.15, 0.2) is 22.7 Å². The van der Waals surface area contributed by atoms with E-state index in [2.05, 4.69) is 15.9 Å². The maximum Gasteiger partial charge on any atom is 0.105 e. The number of benzene rings is 1. The zero-order valence-corrected chi connectivity index (χ0v) is 8.63. The third-order valence-electron chi connectivity index (χ3n) is 1.22. The predicted molar refractivity (Wildman–Crippen MR) is 55.0 cm³/mol. The summed E-state index contributed by atoms with van der Waals surface area (Å²) in [7, 11) is 0. The van der Waals surface area contributed by atoms with Gasteiger partial charge in [-0.15, -0.1) is 0 Å². The van der Waals surface area contributed by atoms with Crippen molar-refractivity contribution in [1.82, 2.24) is 0 Å². The molecule has 0 aliphatic heterocycles. The SMILES string of the molecule is NC(=S)c1cccc(Br)c1Cl. The third-order valence-corrected chi connectivity index (χ3v) is 2.73. The van der Waals surface area contributed by atoms with E-state index in [4.69, 9.17) is 29.6 Å². The molecule has 0 unspecified atom stereocenters. The Bertz CT molecular complexity index is 300. The van der Waals surface area contributed by atoms with Gasteiger partial charge in [0.15, 0.2) is 0 Å². The predicted octanol–water partition coefficient (Wildman–Crippen LogP) is 2.74. The summed E-state index contributed by atoms with van der Waals surface area (Å²) < 4.78 is 0.810. The van der Waals surface area contributed by atoms with Gasteiger partial charge in [0, 0.05) is 10.0 Å². The quantitative estimate of drug-likeness (QED) is 0.776. The molecule has 4 heteroatoms. The van der Waals surface area contributed by atoms with E-state index in [0.29, 0.717) is 15.6 Å². The van der Waals surface area contributed by atoms with Gasteiger partial charge < -0.3 is 5.73 Å². The molecule has 0 bridgehead atoms. The van der Waals surface area contributed by atoms with E-state index in [-0.39, 0.29) is 0 Å². The summed E-state index contributed by atoms with van der Waals surface area (Å²) in [5.41, 5.74) is 6.11. The number of thiocarbonyl (C=S) groups is 1. The Morgan fingerprint density at radius 1 is 1.55 bits per heavy atom. The van der Waals surface area contributed by atoms with Gasteiger partial charge >= 0.3 is 0 Å². The average Bonchev–Trinajstić information content (AvgIpc) is 1.94. The van der Waals surface area contributed by atoms with E-state index in [1.165, 1.54) is 0 Å². The molecule has 11 heavy (non-hydrogen) atoms. The van der Waals surface area contributed by atoms with E-state index in [1.807, 2.05) is 12.1 Å². The van der Waals surface area contributed by atoms with Crippen molar-refractivity contribution in [2.75, 3.05) is 0 Å². The molecule has 0 fully saturated rings. The topological polar surface area (TPSA) is 26.0 Å². The second kappa shape index (κ2) is 3.52. The van der Waals surface area contributed by atoms with Gasteiger partial charge in [-0.1, -0.05) is 36.0 Å². The Hall–Kier alpha value is -0.120. The normalized spacial score (nSPS) is 9.64. The molecule has 2 N–H and O–H groups in total. The van der Waals surface area contributed by atoms with Gasteiger partial charge in [0.2, 0.25) is 0 Å². The van der Waals surface area contributed by atoms with Crippen molar-refractivity contribution in [2.24, 2.45) is 5.73 Å². The van der Waals surface area contributed by atoms with Crippen LogP contribution in [-0.2, 0) is 0 Å². The van der Waals surface area contributed by atoms with Gasteiger partial charge in [0.05, 0.1) is 5.02 Å². The van der Waals surface area contributed by atoms with E-state index in [9.17, 15) is 0 Å². The number of hydrogen-bond acceptors (Lipinski definition) is 1. The lowest BCUT2D eigenvalue weighted by molar-refractivity contribution is 1.59. The highest BCUT2D eigenvalue weighted by atomic mass is 79.9. The number of rotatable bonds is 1. The molecule has 0 aliphatic rings. The Kier molecular flexibility index (Phi) is 2.87. The van der Waals surface area contributed by atoms with Gasteiger partial charge in [-0.2, -0.15) is 0 Å². The van der Waals surface area contributed by atoms with E-state index in [0.717, 1.165) is 4.47 Å². The van der Waals surface area contributed by atoms with Gasteiger partial charge in [0.25, 0.3) is 0 Å².